The molecule has 5 nitrogen and oxygen atoms in total. The molecule has 2 aliphatic rings. The van der Waals surface area contributed by atoms with Gasteiger partial charge in [-0.05, 0) is 37.8 Å². The number of nitrogens with zero attached hydrogens (tertiary/aromatic N) is 1. The lowest BCUT2D eigenvalue weighted by Crippen LogP contribution is -2.46. The highest BCUT2D eigenvalue weighted by molar-refractivity contribution is 6.04. The summed E-state index contributed by atoms with van der Waals surface area (Å²) >= 11 is 0. The first kappa shape index (κ1) is 11.3. The third kappa shape index (κ3) is 1.17. The van der Waals surface area contributed by atoms with Gasteiger partial charge in [-0.2, -0.15) is 0 Å². The molecule has 1 fully saturated rings. The fourth-order valence-corrected chi connectivity index (χ4v) is 2.90. The van der Waals surface area contributed by atoms with Gasteiger partial charge in [-0.25, -0.2) is 5.06 Å². The molecule has 0 amide bonds. The van der Waals surface area contributed by atoms with E-state index in [0.717, 1.165) is 29.9 Å². The second-order valence-electron chi connectivity index (χ2n) is 4.81. The van der Waals surface area contributed by atoms with Gasteiger partial charge in [0.25, 0.3) is 0 Å². The van der Waals surface area contributed by atoms with Crippen LogP contribution < -0.4 is 4.74 Å². The molecule has 1 aliphatic carbocycles. The van der Waals surface area contributed by atoms with Crippen molar-refractivity contribution in [1.82, 2.24) is 5.06 Å². The molecule has 0 unspecified atom stereocenters. The maximum absolute atomic E-state index is 10.2. The molecule has 0 saturated heterocycles. The van der Waals surface area contributed by atoms with Crippen LogP contribution in [0.2, 0.25) is 0 Å². The first-order valence-corrected chi connectivity index (χ1v) is 6.19. The number of hydrogen-bond acceptors (Lipinski definition) is 4. The number of ether oxygens (including phenoxy) is 1. The summed E-state index contributed by atoms with van der Waals surface area (Å²) < 4.78 is 5.32. The number of rotatable bonds is 2. The van der Waals surface area contributed by atoms with Crippen molar-refractivity contribution in [3.8, 4) is 11.5 Å². The Morgan fingerprint density at radius 3 is 2.72 bits per heavy atom. The lowest BCUT2D eigenvalue weighted by Gasteiger charge is -2.43. The van der Waals surface area contributed by atoms with Crippen LogP contribution in [0.3, 0.4) is 0 Å². The minimum atomic E-state index is -0.491. The third-order valence-corrected chi connectivity index (χ3v) is 3.98. The Bertz CT molecular complexity index is 523. The summed E-state index contributed by atoms with van der Waals surface area (Å²) in [7, 11) is 0. The Balaban J connectivity index is 2.16. The molecule has 5 heteroatoms. The lowest BCUT2D eigenvalue weighted by atomic mass is 9.72. The Kier molecular flexibility index (Phi) is 2.28. The van der Waals surface area contributed by atoms with E-state index in [9.17, 15) is 10.3 Å². The summed E-state index contributed by atoms with van der Waals surface area (Å²) in [5, 5.41) is 29.2. The highest BCUT2D eigenvalue weighted by atomic mass is 16.5. The van der Waals surface area contributed by atoms with Crippen LogP contribution in [-0.4, -0.2) is 27.8 Å². The predicted octanol–water partition coefficient (Wildman–Crippen LogP) is 2.20. The quantitative estimate of drug-likeness (QED) is 0.750. The largest absolute Gasteiger partial charge is 0.504 e. The molecular weight excluding hydrogens is 232 g/mol. The van der Waals surface area contributed by atoms with Crippen LogP contribution in [-0.2, 0) is 5.54 Å². The van der Waals surface area contributed by atoms with E-state index in [1.165, 1.54) is 0 Å². The Hall–Kier alpha value is -1.75. The smallest absolute Gasteiger partial charge is 0.169 e. The van der Waals surface area contributed by atoms with Gasteiger partial charge in [0.05, 0.1) is 17.7 Å². The van der Waals surface area contributed by atoms with Crippen LogP contribution >= 0.6 is 0 Å². The van der Waals surface area contributed by atoms with Gasteiger partial charge in [0.1, 0.15) is 0 Å². The second-order valence-corrected chi connectivity index (χ2v) is 4.81. The maximum atomic E-state index is 10.2. The van der Waals surface area contributed by atoms with E-state index in [-0.39, 0.29) is 11.6 Å². The Morgan fingerprint density at radius 2 is 2.17 bits per heavy atom. The van der Waals surface area contributed by atoms with E-state index < -0.39 is 5.54 Å². The van der Waals surface area contributed by atoms with Crippen molar-refractivity contribution in [3.63, 3.8) is 0 Å². The van der Waals surface area contributed by atoms with Gasteiger partial charge >= 0.3 is 0 Å². The number of hydrogen-bond donors (Lipinski definition) is 3. The SMILES string of the molecule is CCOc1ccc2c(c1O)C(=N)N(O)C21CCC1. The summed E-state index contributed by atoms with van der Waals surface area (Å²) in [6.07, 6.45) is 2.65. The average molecular weight is 248 g/mol. The number of nitrogens with one attached hydrogen (secondary N) is 1. The molecular formula is C13H16N2O3. The number of phenolic OH excluding ortho intramolecular Hbond substituents is 1. The number of phenols is 1. The molecule has 1 saturated carbocycles. The van der Waals surface area contributed by atoms with E-state index in [1.54, 1.807) is 6.07 Å². The summed E-state index contributed by atoms with van der Waals surface area (Å²) in [6, 6.07) is 3.56. The van der Waals surface area contributed by atoms with Crippen molar-refractivity contribution < 1.29 is 15.1 Å². The maximum Gasteiger partial charge on any atom is 0.169 e. The topological polar surface area (TPSA) is 76.8 Å². The normalized spacial score (nSPS) is 19.9. The third-order valence-electron chi connectivity index (χ3n) is 3.98. The van der Waals surface area contributed by atoms with Crippen molar-refractivity contribution in [2.75, 3.05) is 6.61 Å². The van der Waals surface area contributed by atoms with Crippen LogP contribution in [0.4, 0.5) is 0 Å². The van der Waals surface area contributed by atoms with Gasteiger partial charge < -0.3 is 9.84 Å². The van der Waals surface area contributed by atoms with Gasteiger partial charge in [-0.3, -0.25) is 10.6 Å². The predicted molar refractivity (Wildman–Crippen MR) is 65.3 cm³/mol. The average Bonchev–Trinajstić information content (AvgIpc) is 2.53. The second kappa shape index (κ2) is 3.62. The fraction of sp³-hybridized carbons (Fsp3) is 0.462. The summed E-state index contributed by atoms with van der Waals surface area (Å²) in [5.74, 6) is 0.289. The highest BCUT2D eigenvalue weighted by Gasteiger charge is 2.53. The Labute approximate surface area is 105 Å². The van der Waals surface area contributed by atoms with Gasteiger partial charge in [-0.15, -0.1) is 0 Å². The minimum Gasteiger partial charge on any atom is -0.504 e. The standard InChI is InChI=1S/C13H16N2O3/c1-2-18-9-5-4-8-10(11(9)16)12(14)15(17)13(8)6-3-7-13/h4-5,14,16-17H,2-3,6-7H2,1H3. The molecule has 1 aromatic carbocycles. The molecule has 1 aliphatic heterocycles. The number of aromatic hydroxyl groups is 1. The number of hydroxylamine groups is 2. The van der Waals surface area contributed by atoms with Crippen LogP contribution in [0.5, 0.6) is 11.5 Å². The van der Waals surface area contributed by atoms with E-state index in [4.69, 9.17) is 10.1 Å². The monoisotopic (exact) mass is 248 g/mol. The van der Waals surface area contributed by atoms with Gasteiger partial charge in [0.2, 0.25) is 0 Å². The fourth-order valence-electron chi connectivity index (χ4n) is 2.90. The molecule has 1 aromatic rings. The van der Waals surface area contributed by atoms with E-state index in [1.807, 2.05) is 13.0 Å². The zero-order chi connectivity index (χ0) is 12.9. The lowest BCUT2D eigenvalue weighted by molar-refractivity contribution is -0.138. The summed E-state index contributed by atoms with van der Waals surface area (Å²) in [5.41, 5.74) is 0.750. The molecule has 1 spiro atoms. The van der Waals surface area contributed by atoms with Crippen molar-refractivity contribution in [1.29, 1.82) is 5.41 Å². The van der Waals surface area contributed by atoms with Crippen LogP contribution in [0.15, 0.2) is 12.1 Å². The van der Waals surface area contributed by atoms with Crippen molar-refractivity contribution in [3.05, 3.63) is 23.3 Å². The molecule has 0 aromatic heterocycles. The molecule has 1 heterocycles. The number of fused-ring (bicyclic) bond motifs is 2. The van der Waals surface area contributed by atoms with Gasteiger partial charge in [0, 0.05) is 0 Å². The molecule has 0 radical (unpaired) electrons. The molecule has 0 bridgehead atoms. The zero-order valence-electron chi connectivity index (χ0n) is 10.2. The summed E-state index contributed by atoms with van der Waals surface area (Å²) in [6.45, 7) is 2.29. The molecule has 3 rings (SSSR count). The Morgan fingerprint density at radius 1 is 1.44 bits per heavy atom. The molecule has 96 valence electrons. The van der Waals surface area contributed by atoms with Crippen molar-refractivity contribution in [2.45, 2.75) is 31.7 Å². The van der Waals surface area contributed by atoms with Crippen molar-refractivity contribution >= 4 is 5.84 Å². The number of amidine groups is 1. The molecule has 3 N–H and O–H groups in total. The van der Waals surface area contributed by atoms with E-state index in [2.05, 4.69) is 0 Å². The van der Waals surface area contributed by atoms with E-state index >= 15 is 0 Å². The van der Waals surface area contributed by atoms with Crippen molar-refractivity contribution in [2.24, 2.45) is 0 Å². The number of benzene rings is 1. The molecule has 0 atom stereocenters. The van der Waals surface area contributed by atoms with E-state index in [0.29, 0.717) is 17.9 Å². The zero-order valence-corrected chi connectivity index (χ0v) is 10.2. The van der Waals surface area contributed by atoms with Crippen LogP contribution in [0.25, 0.3) is 0 Å². The van der Waals surface area contributed by atoms with Crippen LogP contribution in [0.1, 0.15) is 37.3 Å². The first-order valence-electron chi connectivity index (χ1n) is 6.19. The van der Waals surface area contributed by atoms with Crippen LogP contribution in [0, 0.1) is 5.41 Å². The van der Waals surface area contributed by atoms with Gasteiger partial charge in [0.15, 0.2) is 17.3 Å². The highest BCUT2D eigenvalue weighted by Crippen LogP contribution is 2.54. The van der Waals surface area contributed by atoms with Gasteiger partial charge in [-0.1, -0.05) is 6.07 Å². The first-order chi connectivity index (χ1) is 8.62. The summed E-state index contributed by atoms with van der Waals surface area (Å²) in [4.78, 5) is 0. The minimum absolute atomic E-state index is 0.0382. The molecule has 18 heavy (non-hydrogen) atoms.